The highest BCUT2D eigenvalue weighted by atomic mass is 35.5. The molecule has 0 aliphatic carbocycles. The minimum Gasteiger partial charge on any atom is -0.399 e. The van der Waals surface area contributed by atoms with Gasteiger partial charge in [0.1, 0.15) is 5.82 Å². The van der Waals surface area contributed by atoms with Crippen molar-refractivity contribution in [2.24, 2.45) is 0 Å². The lowest BCUT2D eigenvalue weighted by Gasteiger charge is -2.08. The molecule has 3 N–H and O–H groups in total. The van der Waals surface area contributed by atoms with Gasteiger partial charge in [0, 0.05) is 24.5 Å². The van der Waals surface area contributed by atoms with Crippen molar-refractivity contribution in [2.75, 3.05) is 5.73 Å². The first-order valence-corrected chi connectivity index (χ1v) is 6.48. The second kappa shape index (κ2) is 10.0. The van der Waals surface area contributed by atoms with Crippen molar-refractivity contribution in [3.05, 3.63) is 48.0 Å². The third kappa shape index (κ3) is 6.03. The van der Waals surface area contributed by atoms with Crippen molar-refractivity contribution in [3.8, 4) is 0 Å². The standard InChI is InChI=1S/C14H16F2N4O.2ClH/c15-14(16)20-8-7-18-12(20)9-19-13(21)6-5-10-3-1-2-4-11(10)17;;/h1-4,7-8,14H,5-6,9,17H2,(H,19,21);2*1H. The summed E-state index contributed by atoms with van der Waals surface area (Å²) in [6.07, 6.45) is 3.19. The molecule has 0 radical (unpaired) electrons. The fourth-order valence-corrected chi connectivity index (χ4v) is 1.93. The smallest absolute Gasteiger partial charge is 0.319 e. The number of aromatic nitrogens is 2. The van der Waals surface area contributed by atoms with Crippen LogP contribution in [0.15, 0.2) is 36.7 Å². The number of nitrogens with zero attached hydrogens (tertiary/aromatic N) is 2. The van der Waals surface area contributed by atoms with Crippen LogP contribution in [0.4, 0.5) is 14.5 Å². The number of alkyl halides is 2. The highest BCUT2D eigenvalue weighted by Crippen LogP contribution is 2.13. The number of hydrogen-bond acceptors (Lipinski definition) is 3. The van der Waals surface area contributed by atoms with E-state index < -0.39 is 6.55 Å². The van der Waals surface area contributed by atoms with E-state index in [-0.39, 0.29) is 49.5 Å². The second-order valence-electron chi connectivity index (χ2n) is 4.50. The van der Waals surface area contributed by atoms with Crippen LogP contribution in [0, 0.1) is 0 Å². The number of aryl methyl sites for hydroxylation is 1. The number of imidazole rings is 1. The lowest BCUT2D eigenvalue weighted by Crippen LogP contribution is -2.25. The van der Waals surface area contributed by atoms with Crippen LogP contribution in [0.3, 0.4) is 0 Å². The minimum atomic E-state index is -2.66. The van der Waals surface area contributed by atoms with Gasteiger partial charge in [-0.25, -0.2) is 4.98 Å². The number of carbonyl (C=O) groups excluding carboxylic acids is 1. The molecule has 1 aromatic heterocycles. The fourth-order valence-electron chi connectivity index (χ4n) is 1.93. The van der Waals surface area contributed by atoms with E-state index in [4.69, 9.17) is 5.73 Å². The average molecular weight is 367 g/mol. The predicted octanol–water partition coefficient (Wildman–Crippen LogP) is 2.95. The number of hydrogen-bond donors (Lipinski definition) is 2. The molecule has 1 aromatic carbocycles. The van der Waals surface area contributed by atoms with E-state index in [1.165, 1.54) is 12.4 Å². The van der Waals surface area contributed by atoms with Crippen LogP contribution in [0.2, 0.25) is 0 Å². The lowest BCUT2D eigenvalue weighted by atomic mass is 10.1. The monoisotopic (exact) mass is 366 g/mol. The SMILES string of the molecule is Cl.Cl.Nc1ccccc1CCC(=O)NCc1nccn1C(F)F. The summed E-state index contributed by atoms with van der Waals surface area (Å²) in [5.74, 6) is -0.111. The number of nitrogens with two attached hydrogens (primary N) is 1. The van der Waals surface area contributed by atoms with E-state index in [1.807, 2.05) is 18.2 Å². The Bertz CT molecular complexity index is 622. The molecule has 0 atom stereocenters. The summed E-state index contributed by atoms with van der Waals surface area (Å²) in [7, 11) is 0. The molecule has 1 amide bonds. The maximum Gasteiger partial charge on any atom is 0.319 e. The van der Waals surface area contributed by atoms with Gasteiger partial charge in [-0.1, -0.05) is 18.2 Å². The zero-order valence-corrected chi connectivity index (χ0v) is 13.7. The molecule has 0 bridgehead atoms. The van der Waals surface area contributed by atoms with E-state index in [1.54, 1.807) is 6.07 Å². The number of nitrogen functional groups attached to an aromatic ring is 1. The van der Waals surface area contributed by atoms with E-state index >= 15 is 0 Å². The second-order valence-corrected chi connectivity index (χ2v) is 4.50. The first-order chi connectivity index (χ1) is 10.1. The maximum absolute atomic E-state index is 12.6. The van der Waals surface area contributed by atoms with Gasteiger partial charge in [-0.3, -0.25) is 9.36 Å². The number of anilines is 1. The van der Waals surface area contributed by atoms with Crippen molar-refractivity contribution in [2.45, 2.75) is 25.9 Å². The Morgan fingerprint density at radius 3 is 2.65 bits per heavy atom. The minimum absolute atomic E-state index is 0. The largest absolute Gasteiger partial charge is 0.399 e. The third-order valence-electron chi connectivity index (χ3n) is 3.08. The molecule has 0 saturated heterocycles. The Hall–Kier alpha value is -1.86. The van der Waals surface area contributed by atoms with Gasteiger partial charge < -0.3 is 11.1 Å². The summed E-state index contributed by atoms with van der Waals surface area (Å²) in [6, 6.07) is 7.30. The summed E-state index contributed by atoms with van der Waals surface area (Å²) in [4.78, 5) is 15.5. The van der Waals surface area contributed by atoms with Crippen molar-refractivity contribution in [3.63, 3.8) is 0 Å². The molecular formula is C14H18Cl2F2N4O. The van der Waals surface area contributed by atoms with Gasteiger partial charge in [-0.2, -0.15) is 8.78 Å². The van der Waals surface area contributed by atoms with E-state index in [9.17, 15) is 13.6 Å². The van der Waals surface area contributed by atoms with Gasteiger partial charge in [0.05, 0.1) is 6.54 Å². The van der Waals surface area contributed by atoms with Crippen molar-refractivity contribution in [1.29, 1.82) is 0 Å². The van der Waals surface area contributed by atoms with Crippen LogP contribution < -0.4 is 11.1 Å². The Labute approximate surface area is 145 Å². The third-order valence-corrected chi connectivity index (χ3v) is 3.08. The zero-order chi connectivity index (χ0) is 15.2. The molecular weight excluding hydrogens is 349 g/mol. The van der Waals surface area contributed by atoms with Crippen molar-refractivity contribution in [1.82, 2.24) is 14.9 Å². The summed E-state index contributed by atoms with van der Waals surface area (Å²) >= 11 is 0. The molecule has 2 rings (SSSR count). The van der Waals surface area contributed by atoms with Crippen LogP contribution in [-0.2, 0) is 17.8 Å². The first kappa shape index (κ1) is 21.1. The van der Waals surface area contributed by atoms with Gasteiger partial charge in [0.2, 0.25) is 5.91 Å². The highest BCUT2D eigenvalue weighted by molar-refractivity contribution is 5.85. The summed E-state index contributed by atoms with van der Waals surface area (Å²) in [6.45, 7) is -2.69. The van der Waals surface area contributed by atoms with E-state index in [0.717, 1.165) is 10.1 Å². The summed E-state index contributed by atoms with van der Waals surface area (Å²) in [5, 5.41) is 2.57. The average Bonchev–Trinajstić information content (AvgIpc) is 2.93. The molecule has 23 heavy (non-hydrogen) atoms. The number of nitrogens with one attached hydrogen (secondary N) is 1. The summed E-state index contributed by atoms with van der Waals surface area (Å²) < 4.78 is 25.9. The first-order valence-electron chi connectivity index (χ1n) is 6.48. The van der Waals surface area contributed by atoms with E-state index in [0.29, 0.717) is 12.1 Å². The molecule has 0 unspecified atom stereocenters. The molecule has 0 fully saturated rings. The highest BCUT2D eigenvalue weighted by Gasteiger charge is 2.12. The lowest BCUT2D eigenvalue weighted by molar-refractivity contribution is -0.121. The Morgan fingerprint density at radius 1 is 1.30 bits per heavy atom. The molecule has 0 aliphatic rings. The summed E-state index contributed by atoms with van der Waals surface area (Å²) in [5.41, 5.74) is 7.31. The van der Waals surface area contributed by atoms with Gasteiger partial charge in [-0.05, 0) is 18.1 Å². The van der Waals surface area contributed by atoms with Crippen LogP contribution in [0.5, 0.6) is 0 Å². The quantitative estimate of drug-likeness (QED) is 0.771. The van der Waals surface area contributed by atoms with Crippen LogP contribution in [-0.4, -0.2) is 15.5 Å². The van der Waals surface area contributed by atoms with Gasteiger partial charge in [0.25, 0.3) is 0 Å². The number of benzene rings is 1. The molecule has 128 valence electrons. The molecule has 2 aromatic rings. The maximum atomic E-state index is 12.6. The molecule has 9 heteroatoms. The van der Waals surface area contributed by atoms with Gasteiger partial charge in [-0.15, -0.1) is 24.8 Å². The Balaban J connectivity index is 0.00000242. The number of halogens is 4. The Morgan fingerprint density at radius 2 is 2.00 bits per heavy atom. The topological polar surface area (TPSA) is 72.9 Å². The molecule has 0 spiro atoms. The number of amides is 1. The van der Waals surface area contributed by atoms with Crippen LogP contribution in [0.25, 0.3) is 0 Å². The number of rotatable bonds is 6. The van der Waals surface area contributed by atoms with Crippen LogP contribution in [0.1, 0.15) is 24.4 Å². The zero-order valence-electron chi connectivity index (χ0n) is 12.1. The van der Waals surface area contributed by atoms with Gasteiger partial charge >= 0.3 is 6.55 Å². The van der Waals surface area contributed by atoms with E-state index in [2.05, 4.69) is 10.3 Å². The molecule has 1 heterocycles. The Kier molecular flexibility index (Phi) is 9.21. The molecule has 5 nitrogen and oxygen atoms in total. The normalized spacial score (nSPS) is 9.87. The predicted molar refractivity (Wildman–Crippen MR) is 89.0 cm³/mol. The number of para-hydroxylation sites is 1. The molecule has 0 saturated carbocycles. The number of carbonyl (C=O) groups is 1. The molecule has 0 aliphatic heterocycles. The van der Waals surface area contributed by atoms with Crippen molar-refractivity contribution < 1.29 is 13.6 Å². The van der Waals surface area contributed by atoms with Gasteiger partial charge in [0.15, 0.2) is 0 Å². The fraction of sp³-hybridized carbons (Fsp3) is 0.286. The van der Waals surface area contributed by atoms with Crippen molar-refractivity contribution >= 4 is 36.4 Å². The van der Waals surface area contributed by atoms with Crippen LogP contribution >= 0.6 is 24.8 Å².